The standard InChI is InChI=1S/C13H15NO4/c1-16-13(15)5-6-14-10-3-4-11-12(9-10)18-8-2-7-17-11/h3-6,9,14H,2,7-8H2,1H3/b6-5+. The van der Waals surface area contributed by atoms with Gasteiger partial charge in [-0.1, -0.05) is 0 Å². The smallest absolute Gasteiger partial charge is 0.331 e. The van der Waals surface area contributed by atoms with Crippen molar-refractivity contribution >= 4 is 11.7 Å². The fourth-order valence-electron chi connectivity index (χ4n) is 1.53. The minimum atomic E-state index is -0.406. The van der Waals surface area contributed by atoms with Gasteiger partial charge in [0, 0.05) is 30.5 Å². The van der Waals surface area contributed by atoms with Gasteiger partial charge in [0.2, 0.25) is 0 Å². The first kappa shape index (κ1) is 12.3. The monoisotopic (exact) mass is 249 g/mol. The van der Waals surface area contributed by atoms with Crippen molar-refractivity contribution in [2.75, 3.05) is 25.6 Å². The molecule has 0 saturated heterocycles. The number of methoxy groups -OCH3 is 1. The Bertz CT molecular complexity index is 456. The SMILES string of the molecule is COC(=O)/C=C/Nc1ccc2c(c1)OCCCO2. The second-order valence-corrected chi connectivity index (χ2v) is 3.71. The van der Waals surface area contributed by atoms with Gasteiger partial charge in [-0.15, -0.1) is 0 Å². The molecule has 0 fully saturated rings. The highest BCUT2D eigenvalue weighted by molar-refractivity contribution is 5.82. The van der Waals surface area contributed by atoms with Gasteiger partial charge < -0.3 is 19.5 Å². The predicted molar refractivity (Wildman–Crippen MR) is 66.8 cm³/mol. The van der Waals surface area contributed by atoms with Crippen molar-refractivity contribution in [3.05, 3.63) is 30.5 Å². The summed E-state index contributed by atoms with van der Waals surface area (Å²) < 4.78 is 15.6. The summed E-state index contributed by atoms with van der Waals surface area (Å²) in [6.45, 7) is 1.32. The van der Waals surface area contributed by atoms with Gasteiger partial charge >= 0.3 is 5.97 Å². The first-order valence-electron chi connectivity index (χ1n) is 5.70. The maximum atomic E-state index is 10.9. The average Bonchev–Trinajstić information content (AvgIpc) is 2.63. The number of hydrogen-bond donors (Lipinski definition) is 1. The summed E-state index contributed by atoms with van der Waals surface area (Å²) in [6.07, 6.45) is 3.70. The van der Waals surface area contributed by atoms with Crippen molar-refractivity contribution in [2.45, 2.75) is 6.42 Å². The molecule has 0 atom stereocenters. The molecule has 0 bridgehead atoms. The lowest BCUT2D eigenvalue weighted by Gasteiger charge is -2.08. The van der Waals surface area contributed by atoms with E-state index in [0.29, 0.717) is 19.0 Å². The van der Waals surface area contributed by atoms with E-state index in [2.05, 4.69) is 10.1 Å². The number of anilines is 1. The number of ether oxygens (including phenoxy) is 3. The highest BCUT2D eigenvalue weighted by atomic mass is 16.5. The molecule has 5 nitrogen and oxygen atoms in total. The van der Waals surface area contributed by atoms with Crippen LogP contribution >= 0.6 is 0 Å². The third-order valence-corrected chi connectivity index (χ3v) is 2.42. The first-order chi connectivity index (χ1) is 8.79. The Morgan fingerprint density at radius 3 is 2.89 bits per heavy atom. The highest BCUT2D eigenvalue weighted by Gasteiger charge is 2.09. The Morgan fingerprint density at radius 1 is 1.33 bits per heavy atom. The number of benzene rings is 1. The van der Waals surface area contributed by atoms with E-state index in [1.54, 1.807) is 0 Å². The molecule has 0 amide bonds. The molecule has 0 unspecified atom stereocenters. The molecule has 1 aliphatic heterocycles. The maximum absolute atomic E-state index is 10.9. The summed E-state index contributed by atoms with van der Waals surface area (Å²) in [4.78, 5) is 10.9. The molecule has 0 spiro atoms. The average molecular weight is 249 g/mol. The molecule has 0 radical (unpaired) electrons. The van der Waals surface area contributed by atoms with E-state index in [-0.39, 0.29) is 0 Å². The lowest BCUT2D eigenvalue weighted by atomic mass is 10.3. The van der Waals surface area contributed by atoms with Gasteiger partial charge in [0.25, 0.3) is 0 Å². The third-order valence-electron chi connectivity index (χ3n) is 2.42. The van der Waals surface area contributed by atoms with E-state index >= 15 is 0 Å². The highest BCUT2D eigenvalue weighted by Crippen LogP contribution is 2.32. The van der Waals surface area contributed by atoms with Crippen LogP contribution in [0.15, 0.2) is 30.5 Å². The zero-order valence-electron chi connectivity index (χ0n) is 10.1. The normalized spacial score (nSPS) is 14.1. The molecule has 1 aromatic rings. The van der Waals surface area contributed by atoms with Crippen LogP contribution in [0.2, 0.25) is 0 Å². The van der Waals surface area contributed by atoms with Gasteiger partial charge in [0.15, 0.2) is 11.5 Å². The molecule has 18 heavy (non-hydrogen) atoms. The van der Waals surface area contributed by atoms with Crippen molar-refractivity contribution in [2.24, 2.45) is 0 Å². The van der Waals surface area contributed by atoms with Crippen molar-refractivity contribution in [3.63, 3.8) is 0 Å². The Morgan fingerprint density at radius 2 is 2.11 bits per heavy atom. The predicted octanol–water partition coefficient (Wildman–Crippen LogP) is 1.95. The molecular formula is C13H15NO4. The quantitative estimate of drug-likeness (QED) is 0.655. The molecule has 1 aliphatic rings. The van der Waals surface area contributed by atoms with E-state index in [4.69, 9.17) is 9.47 Å². The summed E-state index contributed by atoms with van der Waals surface area (Å²) in [5.74, 6) is 1.05. The van der Waals surface area contributed by atoms with E-state index in [1.807, 2.05) is 18.2 Å². The third kappa shape index (κ3) is 3.16. The maximum Gasteiger partial charge on any atom is 0.331 e. The van der Waals surface area contributed by atoms with Crippen molar-refractivity contribution in [1.82, 2.24) is 0 Å². The molecule has 1 N–H and O–H groups in total. The Kier molecular flexibility index (Phi) is 4.06. The number of carbonyl (C=O) groups is 1. The van der Waals surface area contributed by atoms with Crippen LogP contribution in [0.3, 0.4) is 0 Å². The van der Waals surface area contributed by atoms with Gasteiger partial charge in [-0.25, -0.2) is 4.79 Å². The number of hydrogen-bond acceptors (Lipinski definition) is 5. The molecule has 5 heteroatoms. The van der Waals surface area contributed by atoms with Gasteiger partial charge in [-0.3, -0.25) is 0 Å². The number of rotatable bonds is 3. The van der Waals surface area contributed by atoms with Crippen LogP contribution in [-0.4, -0.2) is 26.3 Å². The van der Waals surface area contributed by atoms with E-state index in [1.165, 1.54) is 19.4 Å². The number of esters is 1. The topological polar surface area (TPSA) is 56.8 Å². The van der Waals surface area contributed by atoms with Crippen LogP contribution in [0.4, 0.5) is 5.69 Å². The summed E-state index contributed by atoms with van der Waals surface area (Å²) in [5, 5.41) is 2.96. The van der Waals surface area contributed by atoms with Gasteiger partial charge in [-0.2, -0.15) is 0 Å². The van der Waals surface area contributed by atoms with Crippen molar-refractivity contribution < 1.29 is 19.0 Å². The van der Waals surface area contributed by atoms with Gasteiger partial charge in [-0.05, 0) is 12.1 Å². The molecule has 2 rings (SSSR count). The number of carbonyl (C=O) groups excluding carboxylic acids is 1. The summed E-state index contributed by atoms with van der Waals surface area (Å²) in [6, 6.07) is 5.53. The van der Waals surface area contributed by atoms with Crippen LogP contribution < -0.4 is 14.8 Å². The second kappa shape index (κ2) is 5.95. The summed E-state index contributed by atoms with van der Waals surface area (Å²) >= 11 is 0. The lowest BCUT2D eigenvalue weighted by molar-refractivity contribution is -0.134. The largest absolute Gasteiger partial charge is 0.490 e. The fourth-order valence-corrected chi connectivity index (χ4v) is 1.53. The lowest BCUT2D eigenvalue weighted by Crippen LogP contribution is -1.97. The van der Waals surface area contributed by atoms with Crippen LogP contribution in [-0.2, 0) is 9.53 Å². The van der Waals surface area contributed by atoms with Crippen LogP contribution in [0.25, 0.3) is 0 Å². The molecule has 0 aliphatic carbocycles. The van der Waals surface area contributed by atoms with Crippen LogP contribution in [0.5, 0.6) is 11.5 Å². The summed E-state index contributed by atoms with van der Waals surface area (Å²) in [7, 11) is 1.33. The first-order valence-corrected chi connectivity index (χ1v) is 5.70. The molecular weight excluding hydrogens is 234 g/mol. The zero-order chi connectivity index (χ0) is 12.8. The molecule has 96 valence electrons. The van der Waals surface area contributed by atoms with Gasteiger partial charge in [0.05, 0.1) is 20.3 Å². The van der Waals surface area contributed by atoms with Crippen LogP contribution in [0.1, 0.15) is 6.42 Å². The molecule has 0 saturated carbocycles. The molecule has 0 aromatic heterocycles. The minimum Gasteiger partial charge on any atom is -0.490 e. The summed E-state index contributed by atoms with van der Waals surface area (Å²) in [5.41, 5.74) is 0.819. The van der Waals surface area contributed by atoms with Crippen molar-refractivity contribution in [1.29, 1.82) is 0 Å². The Hall–Kier alpha value is -2.17. The Labute approximate surface area is 105 Å². The van der Waals surface area contributed by atoms with E-state index in [9.17, 15) is 4.79 Å². The molecule has 1 heterocycles. The van der Waals surface area contributed by atoms with E-state index < -0.39 is 5.97 Å². The van der Waals surface area contributed by atoms with Crippen LogP contribution in [0, 0.1) is 0 Å². The second-order valence-electron chi connectivity index (χ2n) is 3.71. The van der Waals surface area contributed by atoms with E-state index in [0.717, 1.165) is 17.9 Å². The fraction of sp³-hybridized carbons (Fsp3) is 0.308. The zero-order valence-corrected chi connectivity index (χ0v) is 10.1. The number of nitrogens with one attached hydrogen (secondary N) is 1. The molecule has 1 aromatic carbocycles. The number of fused-ring (bicyclic) bond motifs is 1. The Balaban J connectivity index is 2.04. The van der Waals surface area contributed by atoms with Crippen molar-refractivity contribution in [3.8, 4) is 11.5 Å². The minimum absolute atomic E-state index is 0.406. The van der Waals surface area contributed by atoms with Gasteiger partial charge in [0.1, 0.15) is 0 Å².